The quantitative estimate of drug-likeness (QED) is 0.287. The second-order valence-corrected chi connectivity index (χ2v) is 12.5. The smallest absolute Gasteiger partial charge is 0.264 e. The molecule has 41 heavy (non-hydrogen) atoms. The van der Waals surface area contributed by atoms with Crippen LogP contribution in [0.3, 0.4) is 0 Å². The monoisotopic (exact) mass is 590 g/mol. The summed E-state index contributed by atoms with van der Waals surface area (Å²) >= 11 is 6.51. The van der Waals surface area contributed by atoms with E-state index in [1.54, 1.807) is 54.6 Å². The molecule has 2 heterocycles. The van der Waals surface area contributed by atoms with Crippen molar-refractivity contribution in [1.82, 2.24) is 9.88 Å². The highest BCUT2D eigenvalue weighted by molar-refractivity contribution is 7.93. The molecule has 0 atom stereocenters. The molecule has 4 aromatic rings. The van der Waals surface area contributed by atoms with Gasteiger partial charge >= 0.3 is 0 Å². The summed E-state index contributed by atoms with van der Waals surface area (Å²) in [4.78, 5) is 21.7. The Balaban J connectivity index is 1.13. The number of para-hydroxylation sites is 1. The molecule has 1 saturated heterocycles. The van der Waals surface area contributed by atoms with Gasteiger partial charge in [-0.2, -0.15) is 0 Å². The van der Waals surface area contributed by atoms with Gasteiger partial charge < -0.3 is 14.5 Å². The zero-order valence-corrected chi connectivity index (χ0v) is 24.3. The summed E-state index contributed by atoms with van der Waals surface area (Å²) in [6.07, 6.45) is 5.32. The summed E-state index contributed by atoms with van der Waals surface area (Å²) in [6.45, 7) is 2.40. The number of nitrogens with zero attached hydrogens (tertiary/aromatic N) is 3. The lowest BCUT2D eigenvalue weighted by Crippen LogP contribution is -2.49. The van der Waals surface area contributed by atoms with Crippen LogP contribution in [0.4, 0.5) is 11.4 Å². The van der Waals surface area contributed by atoms with Gasteiger partial charge in [-0.25, -0.2) is 8.42 Å². The minimum atomic E-state index is -3.94. The summed E-state index contributed by atoms with van der Waals surface area (Å²) in [5.41, 5.74) is 3.35. The molecule has 6 rings (SSSR count). The average Bonchev–Trinajstić information content (AvgIpc) is 2.95. The van der Waals surface area contributed by atoms with Crippen LogP contribution < -0.4 is 14.4 Å². The number of benzene rings is 3. The summed E-state index contributed by atoms with van der Waals surface area (Å²) in [5, 5.41) is 0.903. The van der Waals surface area contributed by atoms with Crippen molar-refractivity contribution >= 4 is 49.8 Å². The van der Waals surface area contributed by atoms with Gasteiger partial charge in [0.25, 0.3) is 15.9 Å². The predicted octanol–water partition coefficient (Wildman–Crippen LogP) is 5.93. The fourth-order valence-electron chi connectivity index (χ4n) is 5.53. The van der Waals surface area contributed by atoms with E-state index in [0.717, 1.165) is 16.8 Å². The van der Waals surface area contributed by atoms with E-state index in [-0.39, 0.29) is 21.5 Å². The zero-order chi connectivity index (χ0) is 28.6. The van der Waals surface area contributed by atoms with Crippen LogP contribution in [-0.4, -0.2) is 57.5 Å². The zero-order valence-electron chi connectivity index (χ0n) is 22.7. The van der Waals surface area contributed by atoms with Gasteiger partial charge in [-0.05, 0) is 66.8 Å². The van der Waals surface area contributed by atoms with E-state index in [2.05, 4.69) is 32.8 Å². The highest BCUT2D eigenvalue weighted by Crippen LogP contribution is 2.40. The van der Waals surface area contributed by atoms with Crippen molar-refractivity contribution in [3.63, 3.8) is 0 Å². The van der Waals surface area contributed by atoms with Crippen LogP contribution in [0.2, 0.25) is 5.02 Å². The lowest BCUT2D eigenvalue weighted by Gasteiger charge is -2.37. The first kappa shape index (κ1) is 27.4. The Hall–Kier alpha value is -3.82. The van der Waals surface area contributed by atoms with E-state index in [9.17, 15) is 13.2 Å². The Morgan fingerprint density at radius 3 is 2.49 bits per heavy atom. The van der Waals surface area contributed by atoms with Crippen molar-refractivity contribution in [3.05, 3.63) is 89.1 Å². The number of carbonyl (C=O) groups is 1. The molecule has 1 saturated carbocycles. The van der Waals surface area contributed by atoms with E-state index in [1.807, 2.05) is 0 Å². The third-order valence-electron chi connectivity index (χ3n) is 8.02. The Kier molecular flexibility index (Phi) is 7.48. The van der Waals surface area contributed by atoms with E-state index >= 15 is 0 Å². The Morgan fingerprint density at radius 1 is 1.00 bits per heavy atom. The number of nitrogens with one attached hydrogen (secondary N) is 1. The van der Waals surface area contributed by atoms with Gasteiger partial charge in [-0.15, -0.1) is 0 Å². The first-order chi connectivity index (χ1) is 19.8. The van der Waals surface area contributed by atoms with E-state index in [0.29, 0.717) is 43.2 Å². The average molecular weight is 591 g/mol. The number of amides is 1. The standard InChI is InChI=1S/C31H31ClN4O4S/c1-40-28-19-23(21-5-2-6-21)10-13-27(28)35-15-17-36(18-16-35)31(37)25-12-11-24(20-26(25)32)34-41(38,39)29-9-3-7-22-8-4-14-33-30(22)29/h3-4,7-14,19-21,34H,2,5-6,15-18H2,1H3. The Morgan fingerprint density at radius 2 is 1.78 bits per heavy atom. The SMILES string of the molecule is COc1cc(C2CCC2)ccc1N1CCN(C(=O)c2ccc(NS(=O)(=O)c3cccc4cccnc34)cc2Cl)CC1. The number of fused-ring (bicyclic) bond motifs is 1. The fraction of sp³-hybridized carbons (Fsp3) is 0.290. The van der Waals surface area contributed by atoms with Crippen molar-refractivity contribution in [3.8, 4) is 5.75 Å². The fourth-order valence-corrected chi connectivity index (χ4v) is 7.02. The van der Waals surface area contributed by atoms with Crippen molar-refractivity contribution < 1.29 is 17.9 Å². The topological polar surface area (TPSA) is 91.8 Å². The maximum atomic E-state index is 13.4. The van der Waals surface area contributed by atoms with Gasteiger partial charge in [0.05, 0.1) is 34.6 Å². The van der Waals surface area contributed by atoms with Crippen LogP contribution in [0.25, 0.3) is 10.9 Å². The lowest BCUT2D eigenvalue weighted by atomic mass is 9.80. The molecule has 212 valence electrons. The Bertz CT molecular complexity index is 1710. The molecule has 1 amide bonds. The Labute approximate surface area is 244 Å². The molecule has 0 radical (unpaired) electrons. The number of halogens is 1. The van der Waals surface area contributed by atoms with Gasteiger partial charge in [0.1, 0.15) is 10.6 Å². The third-order valence-corrected chi connectivity index (χ3v) is 9.75. The predicted molar refractivity (Wildman–Crippen MR) is 162 cm³/mol. The van der Waals surface area contributed by atoms with Crippen molar-refractivity contribution in [2.24, 2.45) is 0 Å². The summed E-state index contributed by atoms with van der Waals surface area (Å²) in [5.74, 6) is 1.32. The number of hydrogen-bond acceptors (Lipinski definition) is 6. The van der Waals surface area contributed by atoms with Crippen LogP contribution in [0.1, 0.15) is 41.1 Å². The summed E-state index contributed by atoms with van der Waals surface area (Å²) < 4.78 is 34.6. The van der Waals surface area contributed by atoms with Crippen molar-refractivity contribution in [2.45, 2.75) is 30.1 Å². The van der Waals surface area contributed by atoms with Crippen LogP contribution in [0.15, 0.2) is 77.8 Å². The number of pyridine rings is 1. The van der Waals surface area contributed by atoms with Gasteiger partial charge in [0, 0.05) is 37.8 Å². The first-order valence-electron chi connectivity index (χ1n) is 13.7. The van der Waals surface area contributed by atoms with Crippen molar-refractivity contribution in [1.29, 1.82) is 0 Å². The molecule has 2 fully saturated rings. The minimum Gasteiger partial charge on any atom is -0.495 e. The van der Waals surface area contributed by atoms with Crippen molar-refractivity contribution in [2.75, 3.05) is 42.9 Å². The number of hydrogen-bond donors (Lipinski definition) is 1. The number of sulfonamides is 1. The van der Waals surface area contributed by atoms with E-state index in [4.69, 9.17) is 16.3 Å². The first-order valence-corrected chi connectivity index (χ1v) is 15.6. The largest absolute Gasteiger partial charge is 0.495 e. The summed E-state index contributed by atoms with van der Waals surface area (Å²) in [7, 11) is -2.23. The number of rotatable bonds is 7. The molecule has 8 nitrogen and oxygen atoms in total. The van der Waals surface area contributed by atoms with Crippen LogP contribution >= 0.6 is 11.6 Å². The van der Waals surface area contributed by atoms with E-state index in [1.165, 1.54) is 37.0 Å². The number of piperazine rings is 1. The molecule has 1 aliphatic carbocycles. The maximum Gasteiger partial charge on any atom is 0.264 e. The van der Waals surface area contributed by atoms with Crippen LogP contribution in [0, 0.1) is 0 Å². The molecule has 0 unspecified atom stereocenters. The molecular weight excluding hydrogens is 560 g/mol. The lowest BCUT2D eigenvalue weighted by molar-refractivity contribution is 0.0747. The maximum absolute atomic E-state index is 13.4. The number of methoxy groups -OCH3 is 1. The molecule has 0 spiro atoms. The number of aromatic nitrogens is 1. The summed E-state index contributed by atoms with van der Waals surface area (Å²) in [6, 6.07) is 19.6. The van der Waals surface area contributed by atoms with E-state index < -0.39 is 10.0 Å². The normalized spacial score (nSPS) is 16.0. The number of ether oxygens (including phenoxy) is 1. The molecule has 1 N–H and O–H groups in total. The van der Waals surface area contributed by atoms with Gasteiger partial charge in [0.15, 0.2) is 0 Å². The van der Waals surface area contributed by atoms with Crippen LogP contribution in [0.5, 0.6) is 5.75 Å². The molecule has 3 aromatic carbocycles. The minimum absolute atomic E-state index is 0.0686. The van der Waals surface area contributed by atoms with Gasteiger partial charge in [-0.3, -0.25) is 14.5 Å². The molecule has 10 heteroatoms. The highest BCUT2D eigenvalue weighted by atomic mass is 35.5. The number of carbonyl (C=O) groups excluding carboxylic acids is 1. The molecule has 0 bridgehead atoms. The number of anilines is 2. The molecule has 1 aliphatic heterocycles. The highest BCUT2D eigenvalue weighted by Gasteiger charge is 2.27. The molecule has 2 aliphatic rings. The third kappa shape index (κ3) is 5.44. The van der Waals surface area contributed by atoms with Crippen LogP contribution in [-0.2, 0) is 10.0 Å². The van der Waals surface area contributed by atoms with Gasteiger partial charge in [0.2, 0.25) is 0 Å². The molecular formula is C31H31ClN4O4S. The van der Waals surface area contributed by atoms with Gasteiger partial charge in [-0.1, -0.05) is 42.3 Å². The molecule has 1 aromatic heterocycles. The second kappa shape index (κ2) is 11.2. The second-order valence-electron chi connectivity index (χ2n) is 10.5.